The Bertz CT molecular complexity index is 172. The van der Waals surface area contributed by atoms with Gasteiger partial charge in [0.1, 0.15) is 0 Å². The van der Waals surface area contributed by atoms with Crippen LogP contribution in [-0.2, 0) is 0 Å². The highest BCUT2D eigenvalue weighted by molar-refractivity contribution is 4.86. The molecule has 0 bridgehead atoms. The van der Waals surface area contributed by atoms with Gasteiger partial charge in [-0.2, -0.15) is 0 Å². The van der Waals surface area contributed by atoms with E-state index in [1.165, 1.54) is 64.2 Å². The number of unbranched alkanes of at least 4 members (excludes halogenated alkanes) is 4. The minimum absolute atomic E-state index is 0.428. The molecule has 0 radical (unpaired) electrons. The average molecular weight is 255 g/mol. The highest BCUT2D eigenvalue weighted by atomic mass is 14.6. The maximum atomic E-state index is 6.18. The summed E-state index contributed by atoms with van der Waals surface area (Å²) in [5.41, 5.74) is 6.61. The van der Waals surface area contributed by atoms with Gasteiger partial charge in [0.2, 0.25) is 0 Å². The van der Waals surface area contributed by atoms with E-state index < -0.39 is 0 Å². The standard InChI is InChI=1S/C17H37N/c1-5-9-11-13-16(7-3)17(8-4,15-18)14-12-10-6-2/h16H,5-15,18H2,1-4H3. The van der Waals surface area contributed by atoms with E-state index in [4.69, 9.17) is 5.73 Å². The molecule has 18 heavy (non-hydrogen) atoms. The summed E-state index contributed by atoms with van der Waals surface area (Å²) in [5, 5.41) is 0. The first kappa shape index (κ1) is 18.0. The summed E-state index contributed by atoms with van der Waals surface area (Å²) >= 11 is 0. The van der Waals surface area contributed by atoms with E-state index in [1.807, 2.05) is 0 Å². The maximum Gasteiger partial charge on any atom is -0.00180 e. The molecule has 0 spiro atoms. The van der Waals surface area contributed by atoms with Crippen molar-refractivity contribution in [2.24, 2.45) is 17.1 Å². The summed E-state index contributed by atoms with van der Waals surface area (Å²) < 4.78 is 0. The summed E-state index contributed by atoms with van der Waals surface area (Å²) in [5.74, 6) is 0.843. The van der Waals surface area contributed by atoms with Gasteiger partial charge in [-0.15, -0.1) is 0 Å². The minimum atomic E-state index is 0.428. The number of rotatable bonds is 12. The van der Waals surface area contributed by atoms with Crippen LogP contribution in [0.2, 0.25) is 0 Å². The monoisotopic (exact) mass is 255 g/mol. The molecule has 0 aliphatic carbocycles. The van der Waals surface area contributed by atoms with Crippen LogP contribution in [0.5, 0.6) is 0 Å². The topological polar surface area (TPSA) is 26.0 Å². The van der Waals surface area contributed by atoms with Crippen molar-refractivity contribution in [1.29, 1.82) is 0 Å². The van der Waals surface area contributed by atoms with E-state index in [9.17, 15) is 0 Å². The Balaban J connectivity index is 4.46. The Morgan fingerprint density at radius 1 is 0.889 bits per heavy atom. The zero-order valence-corrected chi connectivity index (χ0v) is 13.4. The fourth-order valence-corrected chi connectivity index (χ4v) is 3.39. The first-order valence-electron chi connectivity index (χ1n) is 8.40. The van der Waals surface area contributed by atoms with Crippen LogP contribution in [0.1, 0.15) is 91.9 Å². The molecule has 0 amide bonds. The van der Waals surface area contributed by atoms with Crippen molar-refractivity contribution in [3.05, 3.63) is 0 Å². The van der Waals surface area contributed by atoms with Crippen molar-refractivity contribution in [3.63, 3.8) is 0 Å². The Hall–Kier alpha value is -0.0400. The number of hydrogen-bond donors (Lipinski definition) is 1. The van der Waals surface area contributed by atoms with Gasteiger partial charge in [-0.25, -0.2) is 0 Å². The zero-order valence-electron chi connectivity index (χ0n) is 13.4. The lowest BCUT2D eigenvalue weighted by atomic mass is 9.67. The van der Waals surface area contributed by atoms with Crippen LogP contribution < -0.4 is 5.73 Å². The largest absolute Gasteiger partial charge is 0.330 e. The van der Waals surface area contributed by atoms with Gasteiger partial charge in [0.05, 0.1) is 0 Å². The molecule has 0 aliphatic rings. The second-order valence-corrected chi connectivity index (χ2v) is 5.98. The van der Waals surface area contributed by atoms with Crippen LogP contribution in [0.25, 0.3) is 0 Å². The van der Waals surface area contributed by atoms with Gasteiger partial charge in [0.15, 0.2) is 0 Å². The van der Waals surface area contributed by atoms with Crippen molar-refractivity contribution >= 4 is 0 Å². The van der Waals surface area contributed by atoms with Crippen molar-refractivity contribution in [2.75, 3.05) is 6.54 Å². The molecule has 0 saturated heterocycles. The molecule has 2 N–H and O–H groups in total. The van der Waals surface area contributed by atoms with Crippen molar-refractivity contribution < 1.29 is 0 Å². The van der Waals surface area contributed by atoms with Crippen LogP contribution >= 0.6 is 0 Å². The summed E-state index contributed by atoms with van der Waals surface area (Å²) in [6, 6.07) is 0. The molecule has 1 heteroatoms. The van der Waals surface area contributed by atoms with E-state index in [1.54, 1.807) is 0 Å². The van der Waals surface area contributed by atoms with E-state index in [-0.39, 0.29) is 0 Å². The summed E-state index contributed by atoms with van der Waals surface area (Å²) in [7, 11) is 0. The molecule has 2 unspecified atom stereocenters. The van der Waals surface area contributed by atoms with Crippen molar-refractivity contribution in [3.8, 4) is 0 Å². The van der Waals surface area contributed by atoms with Gasteiger partial charge < -0.3 is 5.73 Å². The molecule has 0 rings (SSSR count). The molecule has 0 fully saturated rings. The van der Waals surface area contributed by atoms with Crippen LogP contribution in [0.15, 0.2) is 0 Å². The Morgan fingerprint density at radius 3 is 1.94 bits per heavy atom. The fraction of sp³-hybridized carbons (Fsp3) is 1.00. The molecule has 0 aliphatic heterocycles. The Labute approximate surface area is 116 Å². The molecule has 0 aromatic carbocycles. The smallest absolute Gasteiger partial charge is 0.00180 e. The summed E-state index contributed by atoms with van der Waals surface area (Å²) in [4.78, 5) is 0. The average Bonchev–Trinajstić information content (AvgIpc) is 2.41. The molecule has 110 valence electrons. The van der Waals surface area contributed by atoms with E-state index in [2.05, 4.69) is 27.7 Å². The Kier molecular flexibility index (Phi) is 10.8. The van der Waals surface area contributed by atoms with Gasteiger partial charge in [-0.3, -0.25) is 0 Å². The van der Waals surface area contributed by atoms with Gasteiger partial charge in [-0.1, -0.05) is 72.6 Å². The molecule has 2 atom stereocenters. The molecule has 0 heterocycles. The second-order valence-electron chi connectivity index (χ2n) is 5.98. The summed E-state index contributed by atoms with van der Waals surface area (Å²) in [6.07, 6.45) is 13.5. The fourth-order valence-electron chi connectivity index (χ4n) is 3.39. The van der Waals surface area contributed by atoms with Crippen molar-refractivity contribution in [2.45, 2.75) is 91.9 Å². The predicted octanol–water partition coefficient (Wildman–Crippen LogP) is 5.53. The van der Waals surface area contributed by atoms with Crippen LogP contribution in [0, 0.1) is 11.3 Å². The Morgan fingerprint density at radius 2 is 1.50 bits per heavy atom. The normalized spacial score (nSPS) is 16.5. The maximum absolute atomic E-state index is 6.18. The van der Waals surface area contributed by atoms with E-state index >= 15 is 0 Å². The lowest BCUT2D eigenvalue weighted by Crippen LogP contribution is -2.37. The number of nitrogens with two attached hydrogens (primary N) is 1. The quantitative estimate of drug-likeness (QED) is 0.456. The number of hydrogen-bond acceptors (Lipinski definition) is 1. The third kappa shape index (κ3) is 5.73. The van der Waals surface area contributed by atoms with E-state index in [0.717, 1.165) is 12.5 Å². The summed E-state index contributed by atoms with van der Waals surface area (Å²) in [6.45, 7) is 10.2. The lowest BCUT2D eigenvalue weighted by molar-refractivity contribution is 0.123. The molecular weight excluding hydrogens is 218 g/mol. The van der Waals surface area contributed by atoms with Crippen LogP contribution in [0.3, 0.4) is 0 Å². The SMILES string of the molecule is CCCCCC(CC)C(CC)(CN)CCCCC. The predicted molar refractivity (Wildman–Crippen MR) is 83.8 cm³/mol. The molecule has 1 nitrogen and oxygen atoms in total. The highest BCUT2D eigenvalue weighted by Gasteiger charge is 2.33. The first-order valence-corrected chi connectivity index (χ1v) is 8.40. The second kappa shape index (κ2) is 10.8. The van der Waals surface area contributed by atoms with Crippen molar-refractivity contribution in [1.82, 2.24) is 0 Å². The third-order valence-electron chi connectivity index (χ3n) is 4.90. The molecule has 0 aromatic heterocycles. The van der Waals surface area contributed by atoms with Gasteiger partial charge in [-0.05, 0) is 37.1 Å². The van der Waals surface area contributed by atoms with Gasteiger partial charge >= 0.3 is 0 Å². The first-order chi connectivity index (χ1) is 8.70. The van der Waals surface area contributed by atoms with Crippen LogP contribution in [-0.4, -0.2) is 6.54 Å². The molecule has 0 aromatic rings. The lowest BCUT2D eigenvalue weighted by Gasteiger charge is -2.40. The van der Waals surface area contributed by atoms with Crippen LogP contribution in [0.4, 0.5) is 0 Å². The highest BCUT2D eigenvalue weighted by Crippen LogP contribution is 2.41. The van der Waals surface area contributed by atoms with E-state index in [0.29, 0.717) is 5.41 Å². The molecular formula is C17H37N. The minimum Gasteiger partial charge on any atom is -0.330 e. The molecule has 0 saturated carbocycles. The zero-order chi connectivity index (χ0) is 13.9. The van der Waals surface area contributed by atoms with Gasteiger partial charge in [0.25, 0.3) is 0 Å². The third-order valence-corrected chi connectivity index (χ3v) is 4.90. The van der Waals surface area contributed by atoms with Gasteiger partial charge in [0, 0.05) is 0 Å².